The van der Waals surface area contributed by atoms with Gasteiger partial charge >= 0.3 is 11.9 Å². The zero-order valence-corrected chi connectivity index (χ0v) is 20.4. The molecule has 2 aromatic heterocycles. The third-order valence-electron chi connectivity index (χ3n) is 3.00. The van der Waals surface area contributed by atoms with Crippen molar-refractivity contribution in [1.82, 2.24) is 9.97 Å². The molecule has 2 rings (SSSR count). The summed E-state index contributed by atoms with van der Waals surface area (Å²) in [5, 5.41) is 20.9. The Kier molecular flexibility index (Phi) is 14.9. The summed E-state index contributed by atoms with van der Waals surface area (Å²) in [5.74, 6) is -1.38. The average Bonchev–Trinajstić information content (AvgIpc) is 2.76. The topological polar surface area (TPSA) is 159 Å². The molecule has 0 aliphatic rings. The number of aromatic nitrogens is 2. The van der Waals surface area contributed by atoms with Crippen LogP contribution in [0.4, 0.5) is 11.6 Å². The predicted molar refractivity (Wildman–Crippen MR) is 126 cm³/mol. The van der Waals surface area contributed by atoms with Crippen molar-refractivity contribution in [3.8, 4) is 0 Å². The number of carbonyl (C=O) groups is 4. The van der Waals surface area contributed by atoms with E-state index in [1.807, 2.05) is 12.1 Å². The van der Waals surface area contributed by atoms with E-state index in [2.05, 4.69) is 52.5 Å². The van der Waals surface area contributed by atoms with Crippen LogP contribution in [0.5, 0.6) is 0 Å². The molecule has 0 saturated heterocycles. The third-order valence-corrected chi connectivity index (χ3v) is 3.94. The zero-order chi connectivity index (χ0) is 24.5. The van der Waals surface area contributed by atoms with Crippen molar-refractivity contribution in [2.45, 2.75) is 26.7 Å². The molecule has 0 atom stereocenters. The lowest BCUT2D eigenvalue weighted by molar-refractivity contribution is -0.134. The molecule has 0 saturated carbocycles. The van der Waals surface area contributed by atoms with Gasteiger partial charge in [-0.05, 0) is 56.1 Å². The maximum Gasteiger partial charge on any atom is 0.328 e. The Labute approximate surface area is 201 Å². The summed E-state index contributed by atoms with van der Waals surface area (Å²) in [7, 11) is 0. The highest BCUT2D eigenvalue weighted by Crippen LogP contribution is 2.11. The fourth-order valence-electron chi connectivity index (χ4n) is 1.50. The maximum absolute atomic E-state index is 10.9. The van der Waals surface area contributed by atoms with E-state index in [4.69, 9.17) is 10.2 Å². The second-order valence-corrected chi connectivity index (χ2v) is 7.37. The molecule has 2 aromatic rings. The van der Waals surface area contributed by atoms with E-state index in [9.17, 15) is 19.2 Å². The number of amides is 2. The molecule has 32 heavy (non-hydrogen) atoms. The Morgan fingerprint density at radius 1 is 0.781 bits per heavy atom. The fourth-order valence-corrected chi connectivity index (χ4v) is 1.97. The molecule has 2 heterocycles. The first kappa shape index (κ1) is 28.9. The third kappa shape index (κ3) is 15.7. The van der Waals surface area contributed by atoms with Crippen molar-refractivity contribution in [1.29, 1.82) is 0 Å². The molecule has 0 aliphatic carbocycles. The lowest BCUT2D eigenvalue weighted by atomic mass is 10.4. The molecule has 2 amide bonds. The van der Waals surface area contributed by atoms with Crippen molar-refractivity contribution in [3.63, 3.8) is 0 Å². The molecule has 0 fully saturated rings. The number of pyridine rings is 2. The van der Waals surface area contributed by atoms with Crippen LogP contribution in [0.2, 0.25) is 0 Å². The molecular weight excluding hydrogens is 552 g/mol. The largest absolute Gasteiger partial charge is 0.478 e. The summed E-state index contributed by atoms with van der Waals surface area (Å²) in [6, 6.07) is 7.16. The van der Waals surface area contributed by atoms with E-state index in [0.29, 0.717) is 36.6 Å². The van der Waals surface area contributed by atoms with Gasteiger partial charge in [-0.2, -0.15) is 0 Å². The van der Waals surface area contributed by atoms with Gasteiger partial charge in [-0.25, -0.2) is 19.6 Å². The van der Waals surface area contributed by atoms with Crippen LogP contribution < -0.4 is 10.6 Å². The Balaban J connectivity index is 0.000000462. The predicted octanol–water partition coefficient (Wildman–Crippen LogP) is 4.10. The Morgan fingerprint density at radius 2 is 1.12 bits per heavy atom. The second kappa shape index (κ2) is 16.6. The summed E-state index contributed by atoms with van der Waals surface area (Å²) < 4.78 is 1.80. The summed E-state index contributed by atoms with van der Waals surface area (Å²) in [4.78, 5) is 48.9. The Hall–Kier alpha value is -3.12. The molecule has 12 heteroatoms. The molecule has 0 aromatic carbocycles. The maximum atomic E-state index is 10.9. The van der Waals surface area contributed by atoms with Crippen LogP contribution in [0.3, 0.4) is 0 Å². The summed E-state index contributed by atoms with van der Waals surface area (Å²) in [5.41, 5.74) is 0. The number of carbonyl (C=O) groups excluding carboxylic acids is 2. The molecular formula is C20H22Br2N4O6. The van der Waals surface area contributed by atoms with Gasteiger partial charge in [0, 0.05) is 46.3 Å². The van der Waals surface area contributed by atoms with Crippen LogP contribution in [0.15, 0.2) is 57.8 Å². The van der Waals surface area contributed by atoms with Crippen LogP contribution in [0, 0.1) is 0 Å². The van der Waals surface area contributed by atoms with Crippen molar-refractivity contribution in [2.75, 3.05) is 10.6 Å². The summed E-state index contributed by atoms with van der Waals surface area (Å²) >= 11 is 6.51. The first-order chi connectivity index (χ1) is 15.1. The lowest BCUT2D eigenvalue weighted by Crippen LogP contribution is -2.10. The van der Waals surface area contributed by atoms with Crippen molar-refractivity contribution >= 4 is 67.2 Å². The minimum absolute atomic E-state index is 0.0233. The number of carboxylic acids is 2. The minimum atomic E-state index is -1.26. The van der Waals surface area contributed by atoms with Gasteiger partial charge in [-0.3, -0.25) is 9.59 Å². The molecule has 0 aliphatic heterocycles. The highest BCUT2D eigenvalue weighted by molar-refractivity contribution is 9.10. The number of rotatable bonds is 6. The molecule has 0 radical (unpaired) electrons. The lowest BCUT2D eigenvalue weighted by Gasteiger charge is -2.00. The first-order valence-electron chi connectivity index (χ1n) is 9.04. The van der Waals surface area contributed by atoms with Crippen LogP contribution in [0.25, 0.3) is 0 Å². The Morgan fingerprint density at radius 3 is 1.34 bits per heavy atom. The number of halogens is 2. The molecule has 0 unspecified atom stereocenters. The van der Waals surface area contributed by atoms with Crippen LogP contribution in [0.1, 0.15) is 26.7 Å². The monoisotopic (exact) mass is 572 g/mol. The van der Waals surface area contributed by atoms with E-state index in [0.717, 1.165) is 8.95 Å². The SMILES string of the molecule is CCC(=O)Nc1ccc(Br)cn1.CCC(=O)Nc1ccc(Br)cn1.O=C(O)/C=C/C(=O)O. The number of hydrogen-bond acceptors (Lipinski definition) is 6. The highest BCUT2D eigenvalue weighted by atomic mass is 79.9. The van der Waals surface area contributed by atoms with Crippen molar-refractivity contribution < 1.29 is 29.4 Å². The smallest absolute Gasteiger partial charge is 0.328 e. The van der Waals surface area contributed by atoms with Gasteiger partial charge < -0.3 is 20.8 Å². The average molecular weight is 574 g/mol. The number of carboxylic acid groups (broad SMARTS) is 2. The quantitative estimate of drug-likeness (QED) is 0.376. The van der Waals surface area contributed by atoms with Gasteiger partial charge in [-0.15, -0.1) is 0 Å². The van der Waals surface area contributed by atoms with Gasteiger partial charge in [0.05, 0.1) is 0 Å². The number of anilines is 2. The molecule has 10 nitrogen and oxygen atoms in total. The van der Waals surface area contributed by atoms with Crippen molar-refractivity contribution in [3.05, 3.63) is 57.8 Å². The van der Waals surface area contributed by atoms with E-state index in [-0.39, 0.29) is 11.8 Å². The highest BCUT2D eigenvalue weighted by Gasteiger charge is 1.99. The van der Waals surface area contributed by atoms with Gasteiger partial charge in [0.1, 0.15) is 11.6 Å². The normalized spacial score (nSPS) is 9.50. The molecule has 4 N–H and O–H groups in total. The van der Waals surface area contributed by atoms with Gasteiger partial charge in [0.15, 0.2) is 0 Å². The van der Waals surface area contributed by atoms with E-state index in [1.54, 1.807) is 38.4 Å². The number of aliphatic carboxylic acids is 2. The van der Waals surface area contributed by atoms with E-state index < -0.39 is 11.9 Å². The molecule has 0 bridgehead atoms. The van der Waals surface area contributed by atoms with Crippen LogP contribution in [-0.4, -0.2) is 43.9 Å². The Bertz CT molecular complexity index is 843. The molecule has 0 spiro atoms. The van der Waals surface area contributed by atoms with Crippen molar-refractivity contribution in [2.24, 2.45) is 0 Å². The molecule has 172 valence electrons. The first-order valence-corrected chi connectivity index (χ1v) is 10.6. The van der Waals surface area contributed by atoms with E-state index in [1.165, 1.54) is 0 Å². The summed E-state index contributed by atoms with van der Waals surface area (Å²) in [6.07, 6.45) is 5.34. The van der Waals surface area contributed by atoms with Gasteiger partial charge in [0.2, 0.25) is 11.8 Å². The summed E-state index contributed by atoms with van der Waals surface area (Å²) in [6.45, 7) is 3.60. The van der Waals surface area contributed by atoms with E-state index >= 15 is 0 Å². The minimum Gasteiger partial charge on any atom is -0.478 e. The number of hydrogen-bond donors (Lipinski definition) is 4. The zero-order valence-electron chi connectivity index (χ0n) is 17.2. The van der Waals surface area contributed by atoms with Gasteiger partial charge in [0.25, 0.3) is 0 Å². The van der Waals surface area contributed by atoms with Gasteiger partial charge in [-0.1, -0.05) is 13.8 Å². The number of nitrogens with one attached hydrogen (secondary N) is 2. The van der Waals surface area contributed by atoms with Crippen LogP contribution in [-0.2, 0) is 19.2 Å². The van der Waals surface area contributed by atoms with Crippen LogP contribution >= 0.6 is 31.9 Å². The second-order valence-electron chi connectivity index (χ2n) is 5.54. The number of nitrogens with zero attached hydrogens (tertiary/aromatic N) is 2. The standard InChI is InChI=1S/2C8H9BrN2O.C4H4O4/c2*1-2-8(12)11-7-4-3-6(9)5-10-7;5-3(6)1-2-4(7)8/h2*3-5H,2H2,1H3,(H,10,11,12);1-2H,(H,5,6)(H,7,8)/b;;2-1+. The fraction of sp³-hybridized carbons (Fsp3) is 0.200.